The van der Waals surface area contributed by atoms with E-state index in [9.17, 15) is 0 Å². The fourth-order valence-corrected chi connectivity index (χ4v) is 1.82. The summed E-state index contributed by atoms with van der Waals surface area (Å²) < 4.78 is 1.91. The average molecular weight is 192 g/mol. The molecule has 4 heteroatoms. The minimum atomic E-state index is 0.388. The van der Waals surface area contributed by atoms with E-state index in [2.05, 4.69) is 21.9 Å². The molecule has 1 atom stereocenters. The highest BCUT2D eigenvalue weighted by Crippen LogP contribution is 2.14. The van der Waals surface area contributed by atoms with Gasteiger partial charge in [0.2, 0.25) is 0 Å². The summed E-state index contributed by atoms with van der Waals surface area (Å²) in [6.07, 6.45) is 3.79. The number of hydrogen-bond donors (Lipinski definition) is 1. The summed E-state index contributed by atoms with van der Waals surface area (Å²) in [5.41, 5.74) is 0. The van der Waals surface area contributed by atoms with Crippen molar-refractivity contribution in [1.82, 2.24) is 15.1 Å². The van der Waals surface area contributed by atoms with Crippen LogP contribution < -0.4 is 10.2 Å². The number of hydrogen-bond acceptors (Lipinski definition) is 3. The van der Waals surface area contributed by atoms with Crippen LogP contribution in [-0.2, 0) is 7.05 Å². The summed E-state index contributed by atoms with van der Waals surface area (Å²) in [5, 5.41) is 7.56. The van der Waals surface area contributed by atoms with Crippen molar-refractivity contribution in [2.45, 2.75) is 6.04 Å². The second-order valence-electron chi connectivity index (χ2n) is 3.56. The molecule has 1 fully saturated rings. The van der Waals surface area contributed by atoms with Crippen molar-refractivity contribution in [3.63, 3.8) is 0 Å². The van der Waals surface area contributed by atoms with Crippen molar-refractivity contribution < 1.29 is 0 Å². The van der Waals surface area contributed by atoms with Gasteiger partial charge < -0.3 is 10.2 Å². The van der Waals surface area contributed by atoms with Gasteiger partial charge >= 0.3 is 0 Å². The van der Waals surface area contributed by atoms with E-state index in [0.29, 0.717) is 6.04 Å². The Bertz CT molecular complexity index is 318. The van der Waals surface area contributed by atoms with Gasteiger partial charge in [-0.3, -0.25) is 4.68 Å². The molecular formula is C10H16N4. The molecule has 2 rings (SSSR count). The minimum Gasteiger partial charge on any atom is -0.354 e. The summed E-state index contributed by atoms with van der Waals surface area (Å²) in [6.45, 7) is 6.82. The molecule has 1 N–H and O–H groups in total. The molecule has 0 unspecified atom stereocenters. The third-order valence-electron chi connectivity index (χ3n) is 2.61. The highest BCUT2D eigenvalue weighted by molar-refractivity contribution is 5.39. The van der Waals surface area contributed by atoms with Crippen molar-refractivity contribution >= 4 is 5.82 Å². The molecule has 0 aliphatic carbocycles. The second kappa shape index (κ2) is 3.84. The minimum absolute atomic E-state index is 0.388. The Hall–Kier alpha value is -1.29. The Balaban J connectivity index is 2.11. The number of aromatic nitrogens is 2. The number of anilines is 1. The summed E-state index contributed by atoms with van der Waals surface area (Å²) in [6, 6.07) is 2.43. The van der Waals surface area contributed by atoms with Gasteiger partial charge in [0.05, 0.1) is 6.20 Å². The largest absolute Gasteiger partial charge is 0.354 e. The van der Waals surface area contributed by atoms with Gasteiger partial charge in [0.1, 0.15) is 5.82 Å². The van der Waals surface area contributed by atoms with E-state index in [1.54, 1.807) is 0 Å². The maximum Gasteiger partial charge on any atom is 0.126 e. The zero-order chi connectivity index (χ0) is 9.97. The molecule has 1 aromatic heterocycles. The van der Waals surface area contributed by atoms with E-state index in [0.717, 1.165) is 19.6 Å². The lowest BCUT2D eigenvalue weighted by Gasteiger charge is -2.33. The van der Waals surface area contributed by atoms with Gasteiger partial charge in [-0.1, -0.05) is 6.08 Å². The lowest BCUT2D eigenvalue weighted by Crippen LogP contribution is -2.50. The molecule has 0 radical (unpaired) electrons. The monoisotopic (exact) mass is 192 g/mol. The standard InChI is InChI=1S/C10H16N4/c1-3-9-8-14(7-6-11-9)10-4-5-12-13(10)2/h3-5,9,11H,1,6-8H2,2H3/t9-/m0/s1. The predicted molar refractivity (Wildman–Crippen MR) is 57.4 cm³/mol. The number of rotatable bonds is 2. The predicted octanol–water partition coefficient (Wildman–Crippen LogP) is 0.384. The molecule has 0 amide bonds. The molecule has 1 saturated heterocycles. The van der Waals surface area contributed by atoms with Gasteiger partial charge in [-0.2, -0.15) is 5.10 Å². The first-order valence-corrected chi connectivity index (χ1v) is 4.90. The first-order valence-electron chi connectivity index (χ1n) is 4.90. The highest BCUT2D eigenvalue weighted by atomic mass is 15.4. The van der Waals surface area contributed by atoms with Gasteiger partial charge in [0, 0.05) is 38.8 Å². The molecule has 1 aliphatic heterocycles. The second-order valence-corrected chi connectivity index (χ2v) is 3.56. The van der Waals surface area contributed by atoms with Crippen molar-refractivity contribution in [3.05, 3.63) is 24.9 Å². The molecule has 0 spiro atoms. The first-order chi connectivity index (χ1) is 6.81. The molecule has 14 heavy (non-hydrogen) atoms. The van der Waals surface area contributed by atoms with Gasteiger partial charge in [-0.05, 0) is 0 Å². The third-order valence-corrected chi connectivity index (χ3v) is 2.61. The SMILES string of the molecule is C=C[C@H]1CN(c2ccnn2C)CCN1. The molecular weight excluding hydrogens is 176 g/mol. The Morgan fingerprint density at radius 2 is 2.57 bits per heavy atom. The Morgan fingerprint density at radius 3 is 3.21 bits per heavy atom. The normalized spacial score (nSPS) is 22.4. The van der Waals surface area contributed by atoms with Crippen LogP contribution in [0.15, 0.2) is 24.9 Å². The molecule has 76 valence electrons. The fraction of sp³-hybridized carbons (Fsp3) is 0.500. The van der Waals surface area contributed by atoms with Gasteiger partial charge in [0.25, 0.3) is 0 Å². The summed E-state index contributed by atoms with van der Waals surface area (Å²) in [5.74, 6) is 1.18. The summed E-state index contributed by atoms with van der Waals surface area (Å²) in [4.78, 5) is 2.33. The summed E-state index contributed by atoms with van der Waals surface area (Å²) in [7, 11) is 1.97. The number of nitrogens with zero attached hydrogens (tertiary/aromatic N) is 3. The van der Waals surface area contributed by atoms with Crippen LogP contribution >= 0.6 is 0 Å². The topological polar surface area (TPSA) is 33.1 Å². The first kappa shape index (κ1) is 9.27. The van der Waals surface area contributed by atoms with Crippen LogP contribution in [-0.4, -0.2) is 35.5 Å². The molecule has 0 aromatic carbocycles. The smallest absolute Gasteiger partial charge is 0.126 e. The van der Waals surface area contributed by atoms with E-state index in [4.69, 9.17) is 0 Å². The third kappa shape index (κ3) is 1.65. The summed E-state index contributed by atoms with van der Waals surface area (Å²) >= 11 is 0. The maximum atomic E-state index is 4.17. The van der Waals surface area contributed by atoms with Gasteiger partial charge in [-0.15, -0.1) is 6.58 Å². The van der Waals surface area contributed by atoms with Crippen LogP contribution in [0.2, 0.25) is 0 Å². The van der Waals surface area contributed by atoms with Crippen LogP contribution in [0.1, 0.15) is 0 Å². The fourth-order valence-electron chi connectivity index (χ4n) is 1.82. The van der Waals surface area contributed by atoms with Crippen LogP contribution in [0.5, 0.6) is 0 Å². The van der Waals surface area contributed by atoms with E-state index < -0.39 is 0 Å². The number of piperazine rings is 1. The van der Waals surface area contributed by atoms with Crippen molar-refractivity contribution in [3.8, 4) is 0 Å². The van der Waals surface area contributed by atoms with E-state index in [1.807, 2.05) is 30.1 Å². The number of aryl methyl sites for hydroxylation is 1. The van der Waals surface area contributed by atoms with Crippen LogP contribution in [0.25, 0.3) is 0 Å². The van der Waals surface area contributed by atoms with Crippen molar-refractivity contribution in [2.75, 3.05) is 24.5 Å². The average Bonchev–Trinajstić information content (AvgIpc) is 2.65. The van der Waals surface area contributed by atoms with Crippen LogP contribution in [0.4, 0.5) is 5.82 Å². The quantitative estimate of drug-likeness (QED) is 0.688. The van der Waals surface area contributed by atoms with Crippen LogP contribution in [0, 0.1) is 0 Å². The molecule has 4 nitrogen and oxygen atoms in total. The Morgan fingerprint density at radius 1 is 1.71 bits per heavy atom. The molecule has 0 bridgehead atoms. The molecule has 0 saturated carbocycles. The molecule has 2 heterocycles. The lowest BCUT2D eigenvalue weighted by molar-refractivity contribution is 0.508. The Labute approximate surface area is 84.2 Å². The highest BCUT2D eigenvalue weighted by Gasteiger charge is 2.18. The lowest BCUT2D eigenvalue weighted by atomic mass is 10.2. The van der Waals surface area contributed by atoms with E-state index in [1.165, 1.54) is 5.82 Å². The maximum absolute atomic E-state index is 4.17. The van der Waals surface area contributed by atoms with Crippen molar-refractivity contribution in [2.24, 2.45) is 7.05 Å². The Kier molecular flexibility index (Phi) is 2.54. The van der Waals surface area contributed by atoms with E-state index >= 15 is 0 Å². The van der Waals surface area contributed by atoms with Gasteiger partial charge in [-0.25, -0.2) is 0 Å². The zero-order valence-electron chi connectivity index (χ0n) is 8.48. The van der Waals surface area contributed by atoms with Crippen LogP contribution in [0.3, 0.4) is 0 Å². The van der Waals surface area contributed by atoms with Gasteiger partial charge in [0.15, 0.2) is 0 Å². The van der Waals surface area contributed by atoms with Crippen molar-refractivity contribution in [1.29, 1.82) is 0 Å². The number of nitrogens with one attached hydrogen (secondary N) is 1. The molecule has 1 aliphatic rings. The van der Waals surface area contributed by atoms with E-state index in [-0.39, 0.29) is 0 Å². The zero-order valence-corrected chi connectivity index (χ0v) is 8.48. The molecule has 1 aromatic rings.